The van der Waals surface area contributed by atoms with Crippen LogP contribution in [0, 0.1) is 0 Å². The summed E-state index contributed by atoms with van der Waals surface area (Å²) in [6.45, 7) is 0.590. The summed E-state index contributed by atoms with van der Waals surface area (Å²) in [4.78, 5) is 16.0. The Labute approximate surface area is 126 Å². The maximum Gasteiger partial charge on any atom is 0.251 e. The van der Waals surface area contributed by atoms with E-state index >= 15 is 0 Å². The fourth-order valence-corrected chi connectivity index (χ4v) is 2.32. The van der Waals surface area contributed by atoms with Crippen LogP contribution in [0.1, 0.15) is 15.9 Å². The number of amides is 1. The van der Waals surface area contributed by atoms with Gasteiger partial charge in [0.15, 0.2) is 0 Å². The van der Waals surface area contributed by atoms with Crippen LogP contribution in [0.3, 0.4) is 0 Å². The third-order valence-corrected chi connectivity index (χ3v) is 3.48. The Kier molecular flexibility index (Phi) is 5.12. The molecule has 1 N–H and O–H groups in total. The van der Waals surface area contributed by atoms with Crippen molar-refractivity contribution in [3.05, 3.63) is 58.3 Å². The van der Waals surface area contributed by atoms with E-state index in [4.69, 9.17) is 4.74 Å². The fourth-order valence-electron chi connectivity index (χ4n) is 1.78. The molecule has 0 atom stereocenters. The van der Waals surface area contributed by atoms with Gasteiger partial charge in [-0.05, 0) is 58.2 Å². The second-order valence-corrected chi connectivity index (χ2v) is 5.07. The molecule has 0 aliphatic rings. The summed E-state index contributed by atoms with van der Waals surface area (Å²) < 4.78 is 5.90. The number of nitrogens with zero attached hydrogens (tertiary/aromatic N) is 1. The van der Waals surface area contributed by atoms with Crippen molar-refractivity contribution in [3.8, 4) is 5.75 Å². The largest absolute Gasteiger partial charge is 0.496 e. The van der Waals surface area contributed by atoms with Gasteiger partial charge in [0, 0.05) is 24.5 Å². The van der Waals surface area contributed by atoms with Gasteiger partial charge in [0.2, 0.25) is 0 Å². The van der Waals surface area contributed by atoms with Crippen molar-refractivity contribution in [1.82, 2.24) is 10.3 Å². The molecule has 0 aliphatic carbocycles. The topological polar surface area (TPSA) is 51.2 Å². The summed E-state index contributed by atoms with van der Waals surface area (Å²) in [7, 11) is 1.59. The van der Waals surface area contributed by atoms with Gasteiger partial charge in [-0.25, -0.2) is 0 Å². The van der Waals surface area contributed by atoms with Crippen LogP contribution < -0.4 is 10.1 Å². The van der Waals surface area contributed by atoms with E-state index in [1.165, 1.54) is 0 Å². The van der Waals surface area contributed by atoms with E-state index in [0.29, 0.717) is 17.9 Å². The van der Waals surface area contributed by atoms with Crippen molar-refractivity contribution in [2.24, 2.45) is 0 Å². The normalized spacial score (nSPS) is 10.1. The molecule has 0 radical (unpaired) electrons. The number of ether oxygens (including phenoxy) is 1. The van der Waals surface area contributed by atoms with Gasteiger partial charge in [0.05, 0.1) is 11.6 Å². The molecule has 0 bridgehead atoms. The van der Waals surface area contributed by atoms with E-state index in [0.717, 1.165) is 16.5 Å². The maximum atomic E-state index is 12.0. The Morgan fingerprint density at radius 2 is 2.05 bits per heavy atom. The Hall–Kier alpha value is -1.88. The van der Waals surface area contributed by atoms with Crippen molar-refractivity contribution in [2.45, 2.75) is 6.42 Å². The van der Waals surface area contributed by atoms with E-state index in [1.54, 1.807) is 37.7 Å². The number of hydrogen-bond donors (Lipinski definition) is 1. The van der Waals surface area contributed by atoms with Crippen molar-refractivity contribution >= 4 is 21.8 Å². The highest BCUT2D eigenvalue weighted by Crippen LogP contribution is 2.25. The van der Waals surface area contributed by atoms with Crippen molar-refractivity contribution in [2.75, 3.05) is 13.7 Å². The SMILES string of the molecule is COc1ccc(C(=O)NCCc2ccncc2)cc1Br. The van der Waals surface area contributed by atoms with Crippen molar-refractivity contribution < 1.29 is 9.53 Å². The number of nitrogens with one attached hydrogen (secondary N) is 1. The van der Waals surface area contributed by atoms with Crippen molar-refractivity contribution in [3.63, 3.8) is 0 Å². The molecule has 20 heavy (non-hydrogen) atoms. The summed E-state index contributed by atoms with van der Waals surface area (Å²) in [5.74, 6) is 0.612. The zero-order valence-corrected chi connectivity index (χ0v) is 12.7. The third-order valence-electron chi connectivity index (χ3n) is 2.86. The Morgan fingerprint density at radius 1 is 1.30 bits per heavy atom. The smallest absolute Gasteiger partial charge is 0.251 e. The zero-order valence-electron chi connectivity index (χ0n) is 11.1. The average Bonchev–Trinajstić information content (AvgIpc) is 2.48. The molecule has 0 spiro atoms. The van der Waals surface area contributed by atoms with Crippen molar-refractivity contribution in [1.29, 1.82) is 0 Å². The van der Waals surface area contributed by atoms with Crippen LogP contribution in [0.4, 0.5) is 0 Å². The molecule has 104 valence electrons. The van der Waals surface area contributed by atoms with Gasteiger partial charge in [-0.3, -0.25) is 9.78 Å². The average molecular weight is 335 g/mol. The number of methoxy groups -OCH3 is 1. The first kappa shape index (κ1) is 14.5. The molecule has 4 nitrogen and oxygen atoms in total. The number of carbonyl (C=O) groups excluding carboxylic acids is 1. The standard InChI is InChI=1S/C15H15BrN2O2/c1-20-14-3-2-12(10-13(14)16)15(19)18-9-6-11-4-7-17-8-5-11/h2-5,7-8,10H,6,9H2,1H3,(H,18,19). The first-order valence-electron chi connectivity index (χ1n) is 6.21. The molecule has 1 amide bonds. The molecule has 2 rings (SSSR count). The van der Waals surface area contributed by atoms with E-state index in [1.807, 2.05) is 12.1 Å². The number of carbonyl (C=O) groups is 1. The number of benzene rings is 1. The number of pyridine rings is 1. The van der Waals surface area contributed by atoms with Gasteiger partial charge >= 0.3 is 0 Å². The second-order valence-electron chi connectivity index (χ2n) is 4.21. The second kappa shape index (κ2) is 7.05. The molecule has 2 aromatic rings. The minimum Gasteiger partial charge on any atom is -0.496 e. The molecule has 0 saturated carbocycles. The minimum atomic E-state index is -0.0950. The van der Waals surface area contributed by atoms with Gasteiger partial charge in [0.25, 0.3) is 5.91 Å². The first-order chi connectivity index (χ1) is 9.70. The van der Waals surface area contributed by atoms with Gasteiger partial charge < -0.3 is 10.1 Å². The van der Waals surface area contributed by atoms with Crippen LogP contribution in [-0.4, -0.2) is 24.5 Å². The van der Waals surface area contributed by atoms with Crippen LogP contribution in [0.5, 0.6) is 5.75 Å². The molecule has 0 unspecified atom stereocenters. The van der Waals surface area contributed by atoms with Crippen LogP contribution in [-0.2, 0) is 6.42 Å². The molecule has 5 heteroatoms. The van der Waals surface area contributed by atoms with Gasteiger partial charge in [-0.2, -0.15) is 0 Å². The third kappa shape index (κ3) is 3.81. The van der Waals surface area contributed by atoms with E-state index < -0.39 is 0 Å². The van der Waals surface area contributed by atoms with Gasteiger partial charge in [-0.15, -0.1) is 0 Å². The monoisotopic (exact) mass is 334 g/mol. The molecule has 1 aromatic carbocycles. The lowest BCUT2D eigenvalue weighted by atomic mass is 10.2. The Balaban J connectivity index is 1.90. The molecule has 0 aliphatic heterocycles. The lowest BCUT2D eigenvalue weighted by Gasteiger charge is -2.07. The molecule has 0 saturated heterocycles. The lowest BCUT2D eigenvalue weighted by Crippen LogP contribution is -2.25. The highest BCUT2D eigenvalue weighted by Gasteiger charge is 2.08. The van der Waals surface area contributed by atoms with E-state index in [-0.39, 0.29) is 5.91 Å². The van der Waals surface area contributed by atoms with E-state index in [9.17, 15) is 4.79 Å². The predicted octanol–water partition coefficient (Wildman–Crippen LogP) is 2.83. The number of hydrogen-bond acceptors (Lipinski definition) is 3. The summed E-state index contributed by atoms with van der Waals surface area (Å²) in [5.41, 5.74) is 1.75. The number of aromatic nitrogens is 1. The first-order valence-corrected chi connectivity index (χ1v) is 7.00. The van der Waals surface area contributed by atoms with Crippen LogP contribution in [0.25, 0.3) is 0 Å². The maximum absolute atomic E-state index is 12.0. The van der Waals surface area contributed by atoms with Crippen LogP contribution in [0.15, 0.2) is 47.2 Å². The van der Waals surface area contributed by atoms with Gasteiger partial charge in [-0.1, -0.05) is 0 Å². The summed E-state index contributed by atoms with van der Waals surface area (Å²) in [5, 5.41) is 2.89. The number of rotatable bonds is 5. The summed E-state index contributed by atoms with van der Waals surface area (Å²) in [6.07, 6.45) is 4.28. The molecular formula is C15H15BrN2O2. The highest BCUT2D eigenvalue weighted by molar-refractivity contribution is 9.10. The van der Waals surface area contributed by atoms with Crippen LogP contribution >= 0.6 is 15.9 Å². The summed E-state index contributed by atoms with van der Waals surface area (Å²) in [6, 6.07) is 9.14. The Morgan fingerprint density at radius 3 is 2.70 bits per heavy atom. The highest BCUT2D eigenvalue weighted by atomic mass is 79.9. The van der Waals surface area contributed by atoms with E-state index in [2.05, 4.69) is 26.2 Å². The summed E-state index contributed by atoms with van der Waals surface area (Å²) >= 11 is 3.37. The Bertz CT molecular complexity index is 588. The minimum absolute atomic E-state index is 0.0950. The number of halogens is 1. The van der Waals surface area contributed by atoms with Gasteiger partial charge in [0.1, 0.15) is 5.75 Å². The fraction of sp³-hybridized carbons (Fsp3) is 0.200. The molecule has 1 heterocycles. The zero-order chi connectivity index (χ0) is 14.4. The molecular weight excluding hydrogens is 320 g/mol. The van der Waals surface area contributed by atoms with Crippen LogP contribution in [0.2, 0.25) is 0 Å². The molecule has 0 fully saturated rings. The predicted molar refractivity (Wildman–Crippen MR) is 81.0 cm³/mol. The lowest BCUT2D eigenvalue weighted by molar-refractivity contribution is 0.0954. The quantitative estimate of drug-likeness (QED) is 0.914. The molecule has 1 aromatic heterocycles.